The Morgan fingerprint density at radius 1 is 1.14 bits per heavy atom. The van der Waals surface area contributed by atoms with Gasteiger partial charge in [-0.05, 0) is 35.9 Å². The molecule has 1 aromatic heterocycles. The Balaban J connectivity index is 1.60. The van der Waals surface area contributed by atoms with Crippen molar-refractivity contribution >= 4 is 17.5 Å². The Morgan fingerprint density at radius 3 is 2.62 bits per heavy atom. The molecule has 0 aliphatic carbocycles. The highest BCUT2D eigenvalue weighted by Gasteiger charge is 2.25. The van der Waals surface area contributed by atoms with E-state index in [0.717, 1.165) is 5.56 Å². The Morgan fingerprint density at radius 2 is 1.90 bits per heavy atom. The van der Waals surface area contributed by atoms with Crippen LogP contribution < -0.4 is 10.6 Å². The molecular weight excluding hydrogens is 372 g/mol. The molecule has 1 aliphatic heterocycles. The molecule has 4 rings (SSSR count). The Bertz CT molecular complexity index is 1040. The number of hydrogen-bond acceptors (Lipinski definition) is 7. The topological polar surface area (TPSA) is 122 Å². The highest BCUT2D eigenvalue weighted by atomic mass is 16.5. The van der Waals surface area contributed by atoms with Gasteiger partial charge in [-0.15, -0.1) is 10.2 Å². The summed E-state index contributed by atoms with van der Waals surface area (Å²) in [5.41, 5.74) is 9.04. The molecule has 0 amide bonds. The van der Waals surface area contributed by atoms with Crippen molar-refractivity contribution in [2.45, 2.75) is 6.10 Å². The predicted molar refractivity (Wildman–Crippen MR) is 108 cm³/mol. The number of ether oxygens (including phenoxy) is 1. The van der Waals surface area contributed by atoms with Crippen molar-refractivity contribution < 1.29 is 19.7 Å². The number of carbonyl (C=O) groups is 1. The molecule has 8 nitrogen and oxygen atoms in total. The van der Waals surface area contributed by atoms with E-state index in [1.165, 1.54) is 0 Å². The number of nitrogens with two attached hydrogens (primary N) is 1. The lowest BCUT2D eigenvalue weighted by Crippen LogP contribution is -2.39. The molecule has 2 aromatic carbocycles. The Hall–Kier alpha value is -3.65. The van der Waals surface area contributed by atoms with Gasteiger partial charge in [0, 0.05) is 18.7 Å². The quantitative estimate of drug-likeness (QED) is 0.620. The van der Waals surface area contributed by atoms with E-state index >= 15 is 0 Å². The van der Waals surface area contributed by atoms with Crippen molar-refractivity contribution in [3.05, 3.63) is 65.7 Å². The van der Waals surface area contributed by atoms with Gasteiger partial charge in [0.25, 0.3) is 0 Å². The van der Waals surface area contributed by atoms with Crippen LogP contribution in [0.4, 0.5) is 11.5 Å². The van der Waals surface area contributed by atoms with Gasteiger partial charge in [0.1, 0.15) is 11.9 Å². The zero-order valence-electron chi connectivity index (χ0n) is 15.5. The van der Waals surface area contributed by atoms with Crippen LogP contribution in [0.5, 0.6) is 5.75 Å². The summed E-state index contributed by atoms with van der Waals surface area (Å²) < 4.78 is 5.88. The molecule has 8 heteroatoms. The zero-order valence-corrected chi connectivity index (χ0v) is 15.5. The molecule has 3 aromatic rings. The Kier molecular flexibility index (Phi) is 5.01. The zero-order chi connectivity index (χ0) is 20.4. The van der Waals surface area contributed by atoms with E-state index in [0.29, 0.717) is 42.5 Å². The molecule has 29 heavy (non-hydrogen) atoms. The molecule has 1 saturated heterocycles. The summed E-state index contributed by atoms with van der Waals surface area (Å²) in [4.78, 5) is 13.1. The number of nitrogen functional groups attached to an aromatic ring is 1. The SMILES string of the molecule is Nc1nnc(-c2ccccc2O)cc1N1CCO[C@H](c2ccc(C(=O)O)cc2)C1. The molecule has 4 N–H and O–H groups in total. The molecule has 0 spiro atoms. The fraction of sp³-hybridized carbons (Fsp3) is 0.190. The monoisotopic (exact) mass is 392 g/mol. The van der Waals surface area contributed by atoms with E-state index in [1.54, 1.807) is 42.5 Å². The second kappa shape index (κ2) is 7.76. The number of phenols is 1. The van der Waals surface area contributed by atoms with E-state index in [1.807, 2.05) is 12.1 Å². The lowest BCUT2D eigenvalue weighted by molar-refractivity contribution is 0.0398. The van der Waals surface area contributed by atoms with Crippen LogP contribution in [-0.4, -0.2) is 46.1 Å². The van der Waals surface area contributed by atoms with Crippen molar-refractivity contribution in [2.75, 3.05) is 30.3 Å². The number of nitrogens with zero attached hydrogens (tertiary/aromatic N) is 3. The van der Waals surface area contributed by atoms with Crippen LogP contribution in [-0.2, 0) is 4.74 Å². The number of phenolic OH excluding ortho intramolecular Hbond substituents is 1. The summed E-state index contributed by atoms with van der Waals surface area (Å²) in [5.74, 6) is -0.544. The molecule has 1 fully saturated rings. The lowest BCUT2D eigenvalue weighted by Gasteiger charge is -2.35. The number of aromatic hydroxyl groups is 1. The first-order chi connectivity index (χ1) is 14.0. The van der Waals surface area contributed by atoms with Crippen molar-refractivity contribution in [3.63, 3.8) is 0 Å². The third kappa shape index (κ3) is 3.83. The fourth-order valence-electron chi connectivity index (χ4n) is 3.38. The smallest absolute Gasteiger partial charge is 0.335 e. The average Bonchev–Trinajstić information content (AvgIpc) is 2.75. The van der Waals surface area contributed by atoms with Gasteiger partial charge in [0.2, 0.25) is 0 Å². The second-order valence-electron chi connectivity index (χ2n) is 6.75. The number of aromatic carboxylic acids is 1. The maximum absolute atomic E-state index is 11.1. The number of hydrogen-bond donors (Lipinski definition) is 3. The molecule has 2 heterocycles. The number of carboxylic acid groups (broad SMARTS) is 1. The van der Waals surface area contributed by atoms with E-state index in [-0.39, 0.29) is 17.4 Å². The number of para-hydroxylation sites is 1. The van der Waals surface area contributed by atoms with E-state index in [4.69, 9.17) is 15.6 Å². The van der Waals surface area contributed by atoms with Crippen LogP contribution in [0.3, 0.4) is 0 Å². The minimum atomic E-state index is -0.963. The predicted octanol–water partition coefficient (Wildman–Crippen LogP) is 2.71. The molecular formula is C21H20N4O4. The highest BCUT2D eigenvalue weighted by molar-refractivity contribution is 5.87. The molecule has 0 saturated carbocycles. The van der Waals surface area contributed by atoms with Crippen molar-refractivity contribution in [1.29, 1.82) is 0 Å². The van der Waals surface area contributed by atoms with E-state index in [2.05, 4.69) is 15.1 Å². The van der Waals surface area contributed by atoms with Crippen LogP contribution in [0.15, 0.2) is 54.6 Å². The normalized spacial score (nSPS) is 16.6. The minimum Gasteiger partial charge on any atom is -0.507 e. The largest absolute Gasteiger partial charge is 0.507 e. The van der Waals surface area contributed by atoms with Crippen molar-refractivity contribution in [2.24, 2.45) is 0 Å². The van der Waals surface area contributed by atoms with E-state index < -0.39 is 5.97 Å². The number of carboxylic acids is 1. The van der Waals surface area contributed by atoms with Crippen molar-refractivity contribution in [3.8, 4) is 17.0 Å². The van der Waals surface area contributed by atoms with Gasteiger partial charge in [0.15, 0.2) is 5.82 Å². The number of aromatic nitrogens is 2. The molecule has 0 bridgehead atoms. The first-order valence-electron chi connectivity index (χ1n) is 9.14. The summed E-state index contributed by atoms with van der Waals surface area (Å²) in [6.07, 6.45) is -0.229. The summed E-state index contributed by atoms with van der Waals surface area (Å²) in [6.45, 7) is 1.64. The van der Waals surface area contributed by atoms with Crippen LogP contribution in [0, 0.1) is 0 Å². The van der Waals surface area contributed by atoms with Gasteiger partial charge in [0.05, 0.1) is 23.6 Å². The fourth-order valence-corrected chi connectivity index (χ4v) is 3.38. The third-order valence-corrected chi connectivity index (χ3v) is 4.92. The maximum Gasteiger partial charge on any atom is 0.335 e. The van der Waals surface area contributed by atoms with Crippen LogP contribution in [0.2, 0.25) is 0 Å². The van der Waals surface area contributed by atoms with Gasteiger partial charge in [-0.25, -0.2) is 4.79 Å². The maximum atomic E-state index is 11.1. The summed E-state index contributed by atoms with van der Waals surface area (Å²) in [7, 11) is 0. The van der Waals surface area contributed by atoms with Crippen molar-refractivity contribution in [1.82, 2.24) is 10.2 Å². The first kappa shape index (κ1) is 18.7. The van der Waals surface area contributed by atoms with Crippen LogP contribution in [0.25, 0.3) is 11.3 Å². The number of anilines is 2. The number of rotatable bonds is 4. The van der Waals surface area contributed by atoms with Gasteiger partial charge in [-0.1, -0.05) is 24.3 Å². The van der Waals surface area contributed by atoms with Gasteiger partial charge in [-0.2, -0.15) is 0 Å². The summed E-state index contributed by atoms with van der Waals surface area (Å²) in [6, 6.07) is 15.4. The first-order valence-corrected chi connectivity index (χ1v) is 9.14. The van der Waals surface area contributed by atoms with Gasteiger partial charge >= 0.3 is 5.97 Å². The van der Waals surface area contributed by atoms with Gasteiger partial charge < -0.3 is 25.6 Å². The Labute approximate surface area is 167 Å². The molecule has 148 valence electrons. The van der Waals surface area contributed by atoms with Gasteiger partial charge in [-0.3, -0.25) is 0 Å². The minimum absolute atomic E-state index is 0.121. The molecule has 0 radical (unpaired) electrons. The standard InChI is InChI=1S/C21H20N4O4/c22-20-17(11-16(23-24-20)15-3-1-2-4-18(15)26)25-9-10-29-19(12-25)13-5-7-14(8-6-13)21(27)28/h1-8,11,19,26H,9-10,12H2,(H2,22,24)(H,27,28)/t19-/m0/s1. The highest BCUT2D eigenvalue weighted by Crippen LogP contribution is 2.33. The second-order valence-corrected chi connectivity index (χ2v) is 6.75. The third-order valence-electron chi connectivity index (χ3n) is 4.92. The summed E-state index contributed by atoms with van der Waals surface area (Å²) in [5, 5.41) is 27.4. The van der Waals surface area contributed by atoms with Crippen LogP contribution >= 0.6 is 0 Å². The summed E-state index contributed by atoms with van der Waals surface area (Å²) >= 11 is 0. The van der Waals surface area contributed by atoms with Crippen LogP contribution in [0.1, 0.15) is 22.0 Å². The number of benzene rings is 2. The number of morpholine rings is 1. The molecule has 1 atom stereocenters. The van der Waals surface area contributed by atoms with E-state index in [9.17, 15) is 9.90 Å². The average molecular weight is 392 g/mol. The lowest BCUT2D eigenvalue weighted by atomic mass is 10.0. The molecule has 0 unspecified atom stereocenters. The molecule has 1 aliphatic rings.